The number of rotatable bonds is 10. The monoisotopic (exact) mass is 943 g/mol. The standard InChI is InChI=1S/C71H49N3/c1-5-21-50(22-6-1)54-27-19-33-58(45-54)73-69-38-18-16-36-65(69)66-44-42-61(49-70(66)73)72(59-40-39-52-25-13-14-26-53(52)46-59)60-41-43-64-63-35-15-17-37-67(63)71(68(64)48-60,56-29-9-3-10-30-56)74(57-31-11-4-12-32-57)62-34-20-28-55(47-62)51-23-7-2-8-24-51/h1-49H. The molecule has 13 aromatic rings. The maximum atomic E-state index is 2.59. The molecule has 0 saturated heterocycles. The highest BCUT2D eigenvalue weighted by Gasteiger charge is 2.50. The van der Waals surface area contributed by atoms with Gasteiger partial charge in [0.15, 0.2) is 0 Å². The van der Waals surface area contributed by atoms with E-state index in [1.54, 1.807) is 0 Å². The van der Waals surface area contributed by atoms with Crippen LogP contribution in [0.5, 0.6) is 0 Å². The molecule has 348 valence electrons. The summed E-state index contributed by atoms with van der Waals surface area (Å²) in [6.45, 7) is 0. The van der Waals surface area contributed by atoms with E-state index in [1.165, 1.54) is 71.6 Å². The third-order valence-electron chi connectivity index (χ3n) is 15.1. The molecule has 0 N–H and O–H groups in total. The van der Waals surface area contributed by atoms with E-state index in [9.17, 15) is 0 Å². The maximum absolute atomic E-state index is 2.59. The van der Waals surface area contributed by atoms with Gasteiger partial charge in [0.25, 0.3) is 0 Å². The van der Waals surface area contributed by atoms with E-state index in [1.807, 2.05) is 0 Å². The van der Waals surface area contributed by atoms with Crippen molar-refractivity contribution in [3.63, 3.8) is 0 Å². The molecule has 0 fully saturated rings. The predicted octanol–water partition coefficient (Wildman–Crippen LogP) is 18.9. The minimum atomic E-state index is -0.810. The quantitative estimate of drug-likeness (QED) is 0.135. The zero-order chi connectivity index (χ0) is 49.0. The Bertz CT molecular complexity index is 4200. The fraction of sp³-hybridized carbons (Fsp3) is 0.0141. The molecule has 1 aliphatic rings. The highest BCUT2D eigenvalue weighted by molar-refractivity contribution is 6.10. The van der Waals surface area contributed by atoms with E-state index in [0.717, 1.165) is 45.2 Å². The highest BCUT2D eigenvalue weighted by Crippen LogP contribution is 2.59. The van der Waals surface area contributed by atoms with E-state index in [2.05, 4.69) is 312 Å². The van der Waals surface area contributed by atoms with E-state index < -0.39 is 5.54 Å². The van der Waals surface area contributed by atoms with Crippen molar-refractivity contribution in [3.05, 3.63) is 314 Å². The van der Waals surface area contributed by atoms with Gasteiger partial charge in [-0.3, -0.25) is 0 Å². The lowest BCUT2D eigenvalue weighted by atomic mass is 9.78. The minimum Gasteiger partial charge on any atom is -0.323 e. The number of nitrogens with zero attached hydrogens (tertiary/aromatic N) is 3. The smallest absolute Gasteiger partial charge is 0.122 e. The van der Waals surface area contributed by atoms with Crippen molar-refractivity contribution in [3.8, 4) is 39.1 Å². The fourth-order valence-corrected chi connectivity index (χ4v) is 11.9. The van der Waals surface area contributed by atoms with Crippen molar-refractivity contribution in [2.45, 2.75) is 5.54 Å². The van der Waals surface area contributed by atoms with E-state index >= 15 is 0 Å². The van der Waals surface area contributed by atoms with Gasteiger partial charge in [-0.1, -0.05) is 218 Å². The second-order valence-corrected chi connectivity index (χ2v) is 19.3. The summed E-state index contributed by atoms with van der Waals surface area (Å²) in [4.78, 5) is 5.06. The molecule has 3 heteroatoms. The van der Waals surface area contributed by atoms with Crippen LogP contribution in [0.3, 0.4) is 0 Å². The van der Waals surface area contributed by atoms with Gasteiger partial charge >= 0.3 is 0 Å². The number of hydrogen-bond donors (Lipinski definition) is 0. The van der Waals surface area contributed by atoms with E-state index in [4.69, 9.17) is 0 Å². The van der Waals surface area contributed by atoms with Gasteiger partial charge in [-0.2, -0.15) is 0 Å². The summed E-state index contributed by atoms with van der Waals surface area (Å²) in [7, 11) is 0. The van der Waals surface area contributed by atoms with Gasteiger partial charge in [0.05, 0.1) is 11.0 Å². The first-order valence-electron chi connectivity index (χ1n) is 25.5. The SMILES string of the molecule is c1ccc(-c2cccc(N(c3ccccc3)C3(c4ccccc4)c4ccccc4-c4ccc(N(c5ccc6ccccc6c5)c5ccc6c7ccccc7n(-c7cccc(-c8ccccc8)c7)c6c5)cc43)c2)cc1. The Morgan fingerprint density at radius 1 is 0.284 bits per heavy atom. The first-order chi connectivity index (χ1) is 36.7. The molecule has 14 rings (SSSR count). The summed E-state index contributed by atoms with van der Waals surface area (Å²) < 4.78 is 2.44. The Kier molecular flexibility index (Phi) is 10.4. The molecule has 0 spiro atoms. The van der Waals surface area contributed by atoms with Crippen LogP contribution in [0.1, 0.15) is 16.7 Å². The summed E-state index contributed by atoms with van der Waals surface area (Å²) in [5.41, 5.74) is 18.8. The van der Waals surface area contributed by atoms with Crippen LogP contribution in [-0.4, -0.2) is 4.57 Å². The van der Waals surface area contributed by atoms with Crippen molar-refractivity contribution in [2.75, 3.05) is 9.80 Å². The van der Waals surface area contributed by atoms with Gasteiger partial charge in [0.2, 0.25) is 0 Å². The van der Waals surface area contributed by atoms with Gasteiger partial charge in [0.1, 0.15) is 5.54 Å². The normalized spacial score (nSPS) is 13.7. The summed E-state index contributed by atoms with van der Waals surface area (Å²) in [5.74, 6) is 0. The second-order valence-electron chi connectivity index (χ2n) is 19.3. The molecule has 0 saturated carbocycles. The molecule has 0 aliphatic heterocycles. The molecular weight excluding hydrogens is 895 g/mol. The molecule has 0 bridgehead atoms. The number of benzene rings is 12. The van der Waals surface area contributed by atoms with Crippen molar-refractivity contribution in [1.82, 2.24) is 4.57 Å². The first-order valence-corrected chi connectivity index (χ1v) is 25.5. The largest absolute Gasteiger partial charge is 0.323 e. The number of hydrogen-bond acceptors (Lipinski definition) is 2. The Morgan fingerprint density at radius 2 is 0.824 bits per heavy atom. The topological polar surface area (TPSA) is 11.4 Å². The van der Waals surface area contributed by atoms with Gasteiger partial charge in [0, 0.05) is 44.9 Å². The second kappa shape index (κ2) is 17.9. The van der Waals surface area contributed by atoms with Crippen molar-refractivity contribution < 1.29 is 0 Å². The van der Waals surface area contributed by atoms with Gasteiger partial charge < -0.3 is 14.4 Å². The molecule has 0 radical (unpaired) electrons. The lowest BCUT2D eigenvalue weighted by molar-refractivity contribution is 0.644. The van der Waals surface area contributed by atoms with Crippen LogP contribution in [0.2, 0.25) is 0 Å². The number of fused-ring (bicyclic) bond motifs is 7. The molecule has 1 unspecified atom stereocenters. The van der Waals surface area contributed by atoms with Crippen LogP contribution in [0.25, 0.3) is 71.6 Å². The van der Waals surface area contributed by atoms with Crippen molar-refractivity contribution in [2.24, 2.45) is 0 Å². The lowest BCUT2D eigenvalue weighted by Gasteiger charge is -2.45. The van der Waals surface area contributed by atoms with Crippen LogP contribution < -0.4 is 9.80 Å². The summed E-state index contributed by atoms with van der Waals surface area (Å²) in [6, 6.07) is 109. The maximum Gasteiger partial charge on any atom is 0.122 e. The predicted molar refractivity (Wildman–Crippen MR) is 311 cm³/mol. The molecule has 1 heterocycles. The van der Waals surface area contributed by atoms with Crippen molar-refractivity contribution >= 4 is 61.0 Å². The molecule has 12 aromatic carbocycles. The number of aromatic nitrogens is 1. The summed E-state index contributed by atoms with van der Waals surface area (Å²) >= 11 is 0. The van der Waals surface area contributed by atoms with E-state index in [0.29, 0.717) is 0 Å². The van der Waals surface area contributed by atoms with Crippen LogP contribution in [0, 0.1) is 0 Å². The molecule has 1 atom stereocenters. The van der Waals surface area contributed by atoms with Gasteiger partial charge in [-0.25, -0.2) is 0 Å². The number of anilines is 5. The first kappa shape index (κ1) is 43.1. The fourth-order valence-electron chi connectivity index (χ4n) is 11.9. The van der Waals surface area contributed by atoms with Crippen molar-refractivity contribution in [1.29, 1.82) is 0 Å². The minimum absolute atomic E-state index is 0.810. The van der Waals surface area contributed by atoms with E-state index in [-0.39, 0.29) is 0 Å². The average Bonchev–Trinajstić information content (AvgIpc) is 3.96. The Balaban J connectivity index is 1.04. The number of para-hydroxylation sites is 2. The molecule has 1 aromatic heterocycles. The van der Waals surface area contributed by atoms with Crippen LogP contribution >= 0.6 is 0 Å². The molecule has 1 aliphatic carbocycles. The van der Waals surface area contributed by atoms with Gasteiger partial charge in [-0.15, -0.1) is 0 Å². The molecule has 3 nitrogen and oxygen atoms in total. The average molecular weight is 944 g/mol. The van der Waals surface area contributed by atoms with Crippen LogP contribution in [0.15, 0.2) is 297 Å². The molecule has 74 heavy (non-hydrogen) atoms. The Morgan fingerprint density at radius 3 is 1.61 bits per heavy atom. The lowest BCUT2D eigenvalue weighted by Crippen LogP contribution is -2.44. The summed E-state index contributed by atoms with van der Waals surface area (Å²) in [6.07, 6.45) is 0. The zero-order valence-corrected chi connectivity index (χ0v) is 40.6. The van der Waals surface area contributed by atoms with Crippen LogP contribution in [0.4, 0.5) is 28.4 Å². The third kappa shape index (κ3) is 7.04. The summed E-state index contributed by atoms with van der Waals surface area (Å²) in [5, 5.41) is 4.81. The molecular formula is C71H49N3. The zero-order valence-electron chi connectivity index (χ0n) is 40.6. The Labute approximate surface area is 431 Å². The molecule has 0 amide bonds. The third-order valence-corrected chi connectivity index (χ3v) is 15.1. The van der Waals surface area contributed by atoms with Crippen LogP contribution in [-0.2, 0) is 5.54 Å². The highest BCUT2D eigenvalue weighted by atomic mass is 15.2. The Hall–Kier alpha value is -9.70. The van der Waals surface area contributed by atoms with Gasteiger partial charge in [-0.05, 0) is 140 Å².